The van der Waals surface area contributed by atoms with Gasteiger partial charge in [0, 0.05) is 31.7 Å². The Balaban J connectivity index is 1.63. The number of anilines is 1. The Bertz CT molecular complexity index is 710. The van der Waals surface area contributed by atoms with Gasteiger partial charge in [-0.3, -0.25) is 4.68 Å². The highest BCUT2D eigenvalue weighted by Gasteiger charge is 2.42. The van der Waals surface area contributed by atoms with Crippen molar-refractivity contribution < 1.29 is 0 Å². The van der Waals surface area contributed by atoms with Gasteiger partial charge in [0.1, 0.15) is 16.5 Å². The second kappa shape index (κ2) is 5.61. The number of thiazole rings is 1. The SMILES string of the molecule is CN1CCC2(CC1)Nc1cn(C)nc1N=C2NCc1nccs1. The molecule has 4 rings (SSSR count). The summed E-state index contributed by atoms with van der Waals surface area (Å²) in [7, 11) is 4.10. The van der Waals surface area contributed by atoms with Crippen molar-refractivity contribution in [2.45, 2.75) is 24.9 Å². The summed E-state index contributed by atoms with van der Waals surface area (Å²) in [5.74, 6) is 1.76. The lowest BCUT2D eigenvalue weighted by atomic mass is 9.85. The Morgan fingerprint density at radius 2 is 2.17 bits per heavy atom. The molecule has 1 fully saturated rings. The van der Waals surface area contributed by atoms with Gasteiger partial charge in [-0.1, -0.05) is 0 Å². The summed E-state index contributed by atoms with van der Waals surface area (Å²) in [4.78, 5) is 11.5. The summed E-state index contributed by atoms with van der Waals surface area (Å²) < 4.78 is 1.81. The Morgan fingerprint density at radius 1 is 1.35 bits per heavy atom. The quantitative estimate of drug-likeness (QED) is 0.874. The van der Waals surface area contributed by atoms with E-state index in [2.05, 4.69) is 32.7 Å². The highest BCUT2D eigenvalue weighted by atomic mass is 32.1. The number of aromatic nitrogens is 3. The first-order valence-electron chi connectivity index (χ1n) is 7.86. The van der Waals surface area contributed by atoms with Crippen molar-refractivity contribution in [2.75, 3.05) is 25.5 Å². The standard InChI is InChI=1S/C15H21N7S/c1-21-6-3-15(4-7-21)14(17-9-12-16-5-8-23-12)18-13-11(19-15)10-22(2)20-13/h5,8,10,19H,3-4,6-7,9H2,1-2H3,(H,17,18,20). The van der Waals surface area contributed by atoms with E-state index in [1.54, 1.807) is 11.3 Å². The zero-order chi connectivity index (χ0) is 15.9. The van der Waals surface area contributed by atoms with E-state index in [0.29, 0.717) is 6.54 Å². The topological polar surface area (TPSA) is 70.4 Å². The van der Waals surface area contributed by atoms with Crippen LogP contribution in [0.3, 0.4) is 0 Å². The zero-order valence-corrected chi connectivity index (χ0v) is 14.2. The van der Waals surface area contributed by atoms with E-state index in [-0.39, 0.29) is 5.54 Å². The molecular formula is C15H21N7S. The molecule has 0 unspecified atom stereocenters. The normalized spacial score (nSPS) is 20.0. The van der Waals surface area contributed by atoms with E-state index < -0.39 is 0 Å². The molecule has 0 aromatic carbocycles. The van der Waals surface area contributed by atoms with Gasteiger partial charge in [-0.2, -0.15) is 5.10 Å². The van der Waals surface area contributed by atoms with Crippen molar-refractivity contribution in [1.29, 1.82) is 0 Å². The number of aryl methyl sites for hydroxylation is 1. The van der Waals surface area contributed by atoms with E-state index in [0.717, 1.165) is 48.3 Å². The Hall–Kier alpha value is -1.93. The molecule has 2 aliphatic rings. The van der Waals surface area contributed by atoms with Gasteiger partial charge < -0.3 is 15.5 Å². The van der Waals surface area contributed by atoms with Crippen LogP contribution in [-0.4, -0.2) is 51.2 Å². The third kappa shape index (κ3) is 2.72. The average Bonchev–Trinajstić information content (AvgIpc) is 3.16. The number of piperidine rings is 1. The number of rotatable bonds is 2. The maximum Gasteiger partial charge on any atom is 0.199 e. The first-order valence-corrected chi connectivity index (χ1v) is 8.74. The number of aliphatic imine (C=N–C) groups is 1. The highest BCUT2D eigenvalue weighted by Crippen LogP contribution is 2.37. The lowest BCUT2D eigenvalue weighted by Crippen LogP contribution is -2.58. The van der Waals surface area contributed by atoms with Gasteiger partial charge in [0.15, 0.2) is 5.82 Å². The van der Waals surface area contributed by atoms with Crippen LogP contribution in [-0.2, 0) is 13.6 Å². The lowest BCUT2D eigenvalue weighted by Gasteiger charge is -2.44. The first kappa shape index (κ1) is 14.6. The molecule has 0 amide bonds. The van der Waals surface area contributed by atoms with Crippen molar-refractivity contribution in [3.05, 3.63) is 22.8 Å². The van der Waals surface area contributed by atoms with Crippen molar-refractivity contribution in [3.63, 3.8) is 0 Å². The highest BCUT2D eigenvalue weighted by molar-refractivity contribution is 7.09. The molecule has 1 spiro atoms. The van der Waals surface area contributed by atoms with Gasteiger partial charge in [-0.05, 0) is 19.9 Å². The minimum atomic E-state index is -0.125. The molecular weight excluding hydrogens is 310 g/mol. The van der Waals surface area contributed by atoms with Crippen LogP contribution in [0.5, 0.6) is 0 Å². The third-order valence-corrected chi connectivity index (χ3v) is 5.36. The Kier molecular flexibility index (Phi) is 3.57. The largest absolute Gasteiger partial charge is 0.368 e. The lowest BCUT2D eigenvalue weighted by molar-refractivity contribution is 0.238. The number of likely N-dealkylation sites (tertiary alicyclic amines) is 1. The summed E-state index contributed by atoms with van der Waals surface area (Å²) in [5, 5.41) is 14.7. The van der Waals surface area contributed by atoms with Crippen LogP contribution in [0, 0.1) is 0 Å². The number of hydrogen-bond acceptors (Lipinski definition) is 7. The van der Waals surface area contributed by atoms with Crippen LogP contribution in [0.4, 0.5) is 11.5 Å². The van der Waals surface area contributed by atoms with Gasteiger partial charge in [0.2, 0.25) is 0 Å². The molecule has 0 radical (unpaired) electrons. The second-order valence-electron chi connectivity index (χ2n) is 6.29. The van der Waals surface area contributed by atoms with Crippen LogP contribution >= 0.6 is 11.3 Å². The van der Waals surface area contributed by atoms with Crippen LogP contribution in [0.15, 0.2) is 22.8 Å². The number of nitrogens with zero attached hydrogens (tertiary/aromatic N) is 5. The van der Waals surface area contributed by atoms with E-state index in [1.165, 1.54) is 0 Å². The maximum absolute atomic E-state index is 4.84. The fourth-order valence-corrected chi connectivity index (χ4v) is 3.80. The number of nitrogens with one attached hydrogen (secondary N) is 2. The van der Waals surface area contributed by atoms with E-state index >= 15 is 0 Å². The summed E-state index contributed by atoms with van der Waals surface area (Å²) in [6.07, 6.45) is 5.91. The first-order chi connectivity index (χ1) is 11.1. The van der Waals surface area contributed by atoms with E-state index in [1.807, 2.05) is 29.5 Å². The minimum absolute atomic E-state index is 0.125. The van der Waals surface area contributed by atoms with E-state index in [4.69, 9.17) is 4.99 Å². The zero-order valence-electron chi connectivity index (χ0n) is 13.4. The van der Waals surface area contributed by atoms with Crippen LogP contribution in [0.1, 0.15) is 17.8 Å². The second-order valence-corrected chi connectivity index (χ2v) is 7.27. The Morgan fingerprint density at radius 3 is 2.91 bits per heavy atom. The predicted octanol–water partition coefficient (Wildman–Crippen LogP) is 1.59. The molecule has 122 valence electrons. The van der Waals surface area contributed by atoms with Crippen molar-refractivity contribution in [3.8, 4) is 0 Å². The van der Waals surface area contributed by atoms with Crippen LogP contribution in [0.2, 0.25) is 0 Å². The van der Waals surface area contributed by atoms with Gasteiger partial charge >= 0.3 is 0 Å². The van der Waals surface area contributed by atoms with E-state index in [9.17, 15) is 0 Å². The van der Waals surface area contributed by atoms with Crippen molar-refractivity contribution >= 4 is 28.7 Å². The number of hydrogen-bond donors (Lipinski definition) is 2. The predicted molar refractivity (Wildman–Crippen MR) is 92.3 cm³/mol. The smallest absolute Gasteiger partial charge is 0.199 e. The molecule has 23 heavy (non-hydrogen) atoms. The third-order valence-electron chi connectivity index (χ3n) is 4.59. The minimum Gasteiger partial charge on any atom is -0.368 e. The van der Waals surface area contributed by atoms with Crippen LogP contribution in [0.25, 0.3) is 0 Å². The van der Waals surface area contributed by atoms with Crippen molar-refractivity contribution in [2.24, 2.45) is 12.0 Å². The molecule has 2 aromatic heterocycles. The van der Waals surface area contributed by atoms with Gasteiger partial charge in [0.25, 0.3) is 0 Å². The number of amidine groups is 1. The van der Waals surface area contributed by atoms with Gasteiger partial charge in [-0.25, -0.2) is 9.98 Å². The molecule has 0 bridgehead atoms. The molecule has 0 aliphatic carbocycles. The average molecular weight is 331 g/mol. The molecule has 2 N–H and O–H groups in total. The molecule has 0 saturated carbocycles. The molecule has 2 aromatic rings. The summed E-state index contributed by atoms with van der Waals surface area (Å²) in [5.41, 5.74) is 0.900. The van der Waals surface area contributed by atoms with Crippen LogP contribution < -0.4 is 10.6 Å². The number of fused-ring (bicyclic) bond motifs is 1. The fourth-order valence-electron chi connectivity index (χ4n) is 3.25. The van der Waals surface area contributed by atoms with Gasteiger partial charge in [0.05, 0.1) is 18.3 Å². The molecule has 2 aliphatic heterocycles. The molecule has 4 heterocycles. The van der Waals surface area contributed by atoms with Gasteiger partial charge in [-0.15, -0.1) is 11.3 Å². The molecule has 0 atom stereocenters. The monoisotopic (exact) mass is 331 g/mol. The summed E-state index contributed by atoms with van der Waals surface area (Å²) >= 11 is 1.66. The maximum atomic E-state index is 4.84. The molecule has 1 saturated heterocycles. The molecule has 7 nitrogen and oxygen atoms in total. The summed E-state index contributed by atoms with van der Waals surface area (Å²) in [6, 6.07) is 0. The summed E-state index contributed by atoms with van der Waals surface area (Å²) in [6.45, 7) is 2.82. The fraction of sp³-hybridized carbons (Fsp3) is 0.533. The Labute approximate surface area is 139 Å². The molecule has 8 heteroatoms. The van der Waals surface area contributed by atoms with Crippen molar-refractivity contribution in [1.82, 2.24) is 25.0 Å².